The summed E-state index contributed by atoms with van der Waals surface area (Å²) in [7, 11) is 0. The number of halogens is 5. The Morgan fingerprint density at radius 3 is 2.51 bits per heavy atom. The fourth-order valence-corrected chi connectivity index (χ4v) is 6.18. The van der Waals surface area contributed by atoms with Crippen LogP contribution in [0, 0.1) is 17.7 Å². The smallest absolute Gasteiger partial charge is 0.416 e. The summed E-state index contributed by atoms with van der Waals surface area (Å²) in [4.78, 5) is 13.7. The normalized spacial score (nSPS) is 21.2. The number of carboxylic acid groups (broad SMARTS) is 1. The fourth-order valence-electron chi connectivity index (χ4n) is 5.94. The van der Waals surface area contributed by atoms with Crippen molar-refractivity contribution in [2.24, 2.45) is 11.8 Å². The lowest BCUT2D eigenvalue weighted by atomic mass is 9.80. The number of carboxylic acids is 1. The van der Waals surface area contributed by atoms with Crippen LogP contribution < -0.4 is 4.74 Å². The van der Waals surface area contributed by atoms with Crippen molar-refractivity contribution in [2.45, 2.75) is 69.7 Å². The van der Waals surface area contributed by atoms with Crippen molar-refractivity contribution >= 4 is 17.6 Å². The number of aryl methyl sites for hydroxylation is 1. The molecule has 2 aliphatic heterocycles. The molecule has 0 bridgehead atoms. The summed E-state index contributed by atoms with van der Waals surface area (Å²) in [6.45, 7) is 2.93. The Balaban J connectivity index is 1.28. The Bertz CT molecular complexity index is 1190. The van der Waals surface area contributed by atoms with Gasteiger partial charge in [-0.2, -0.15) is 13.2 Å². The molecule has 2 atom stereocenters. The number of alkyl halides is 3. The van der Waals surface area contributed by atoms with E-state index in [1.54, 1.807) is 6.92 Å². The Labute approximate surface area is 218 Å². The lowest BCUT2D eigenvalue weighted by Gasteiger charge is -2.45. The molecule has 0 aromatic heterocycles. The molecule has 4 nitrogen and oxygen atoms in total. The number of nitrogens with zero attached hydrogens (tertiary/aromatic N) is 1. The molecule has 2 aromatic rings. The van der Waals surface area contributed by atoms with Crippen molar-refractivity contribution in [3.63, 3.8) is 0 Å². The van der Waals surface area contributed by atoms with Crippen LogP contribution in [0.4, 0.5) is 17.6 Å². The van der Waals surface area contributed by atoms with Gasteiger partial charge in [0.05, 0.1) is 16.5 Å². The van der Waals surface area contributed by atoms with Crippen LogP contribution in [0.5, 0.6) is 5.75 Å². The average Bonchev–Trinajstić information content (AvgIpc) is 3.67. The number of piperidine rings is 1. The summed E-state index contributed by atoms with van der Waals surface area (Å²) in [6.07, 6.45) is 0.492. The Morgan fingerprint density at radius 2 is 1.89 bits per heavy atom. The second kappa shape index (κ2) is 9.77. The third kappa shape index (κ3) is 5.46. The van der Waals surface area contributed by atoms with E-state index in [0.717, 1.165) is 48.6 Å². The second-order valence-corrected chi connectivity index (χ2v) is 11.3. The zero-order chi connectivity index (χ0) is 26.5. The molecular weight excluding hydrogens is 510 g/mol. The van der Waals surface area contributed by atoms with Crippen molar-refractivity contribution in [2.75, 3.05) is 13.1 Å². The molecule has 1 saturated carbocycles. The lowest BCUT2D eigenvalue weighted by Crippen LogP contribution is -2.49. The molecule has 37 heavy (non-hydrogen) atoms. The molecule has 1 aliphatic carbocycles. The molecule has 9 heteroatoms. The van der Waals surface area contributed by atoms with E-state index in [1.165, 1.54) is 0 Å². The molecule has 2 fully saturated rings. The first kappa shape index (κ1) is 26.3. The Hall–Kier alpha value is -2.32. The van der Waals surface area contributed by atoms with Crippen molar-refractivity contribution < 1.29 is 32.2 Å². The third-order valence-electron chi connectivity index (χ3n) is 8.30. The molecule has 2 unspecified atom stereocenters. The minimum absolute atomic E-state index is 0.0414. The zero-order valence-corrected chi connectivity index (χ0v) is 21.3. The van der Waals surface area contributed by atoms with E-state index in [-0.39, 0.29) is 23.6 Å². The van der Waals surface area contributed by atoms with Gasteiger partial charge in [-0.25, -0.2) is 4.39 Å². The predicted molar refractivity (Wildman–Crippen MR) is 131 cm³/mol. The highest BCUT2D eigenvalue weighted by Crippen LogP contribution is 2.49. The van der Waals surface area contributed by atoms with Crippen LogP contribution in [0.1, 0.15) is 67.2 Å². The maximum absolute atomic E-state index is 14.5. The standard InChI is InChI=1S/C28H30ClF4NO3/c1-16(26(35)36)24(18-3-4-18)19-5-2-17-6-7-27(37-23(17)13-19)8-10-34(11-9-27)15-20-12-21(28(31,32)33)14-22(29)25(20)30/h2,5,12-14,16,18,24H,3-4,6-11,15H2,1H3,(H,35,36). The van der Waals surface area contributed by atoms with Gasteiger partial charge in [-0.1, -0.05) is 30.7 Å². The minimum Gasteiger partial charge on any atom is -0.487 e. The summed E-state index contributed by atoms with van der Waals surface area (Å²) >= 11 is 5.76. The maximum Gasteiger partial charge on any atom is 0.416 e. The first-order valence-electron chi connectivity index (χ1n) is 12.8. The number of ether oxygens (including phenoxy) is 1. The highest BCUT2D eigenvalue weighted by atomic mass is 35.5. The van der Waals surface area contributed by atoms with E-state index in [0.29, 0.717) is 37.9 Å². The van der Waals surface area contributed by atoms with Crippen LogP contribution in [0.2, 0.25) is 5.02 Å². The number of benzene rings is 2. The summed E-state index contributed by atoms with van der Waals surface area (Å²) in [6, 6.07) is 7.58. The van der Waals surface area contributed by atoms with E-state index in [9.17, 15) is 27.5 Å². The van der Waals surface area contributed by atoms with Gasteiger partial charge < -0.3 is 9.84 Å². The fraction of sp³-hybridized carbons (Fsp3) is 0.536. The van der Waals surface area contributed by atoms with E-state index in [4.69, 9.17) is 16.3 Å². The summed E-state index contributed by atoms with van der Waals surface area (Å²) < 4.78 is 60.7. The molecule has 1 spiro atoms. The van der Waals surface area contributed by atoms with E-state index in [2.05, 4.69) is 6.07 Å². The van der Waals surface area contributed by atoms with Gasteiger partial charge in [0.15, 0.2) is 0 Å². The molecule has 3 aliphatic rings. The van der Waals surface area contributed by atoms with Gasteiger partial charge in [-0.15, -0.1) is 0 Å². The number of hydrogen-bond acceptors (Lipinski definition) is 3. The van der Waals surface area contributed by atoms with E-state index >= 15 is 0 Å². The molecular formula is C28H30ClF4NO3. The van der Waals surface area contributed by atoms with Crippen molar-refractivity contribution in [1.82, 2.24) is 4.90 Å². The molecule has 0 amide bonds. The molecule has 2 aromatic carbocycles. The van der Waals surface area contributed by atoms with Crippen LogP contribution >= 0.6 is 11.6 Å². The Kier molecular flexibility index (Phi) is 6.94. The van der Waals surface area contributed by atoms with Crippen LogP contribution in [0.3, 0.4) is 0 Å². The van der Waals surface area contributed by atoms with E-state index < -0.39 is 34.5 Å². The van der Waals surface area contributed by atoms with Crippen LogP contribution in [0.25, 0.3) is 0 Å². The highest BCUT2D eigenvalue weighted by molar-refractivity contribution is 6.30. The third-order valence-corrected chi connectivity index (χ3v) is 8.58. The van der Waals surface area contributed by atoms with Gasteiger partial charge in [0.25, 0.3) is 0 Å². The lowest BCUT2D eigenvalue weighted by molar-refractivity contribution is -0.142. The highest BCUT2D eigenvalue weighted by Gasteiger charge is 2.42. The van der Waals surface area contributed by atoms with Crippen molar-refractivity contribution in [3.05, 3.63) is 63.4 Å². The summed E-state index contributed by atoms with van der Waals surface area (Å²) in [5, 5.41) is 9.10. The average molecular weight is 540 g/mol. The summed E-state index contributed by atoms with van der Waals surface area (Å²) in [5.41, 5.74) is 0.707. The predicted octanol–water partition coefficient (Wildman–Crippen LogP) is 7.07. The number of aliphatic carboxylic acids is 1. The first-order chi connectivity index (χ1) is 17.5. The van der Waals surface area contributed by atoms with Gasteiger partial charge in [0.1, 0.15) is 17.2 Å². The topological polar surface area (TPSA) is 49.8 Å². The van der Waals surface area contributed by atoms with Crippen LogP contribution in [-0.2, 0) is 23.9 Å². The van der Waals surface area contributed by atoms with Gasteiger partial charge in [0, 0.05) is 25.2 Å². The first-order valence-corrected chi connectivity index (χ1v) is 13.2. The van der Waals surface area contributed by atoms with Crippen LogP contribution in [0.15, 0.2) is 30.3 Å². The van der Waals surface area contributed by atoms with Gasteiger partial charge >= 0.3 is 12.1 Å². The molecule has 0 radical (unpaired) electrons. The molecule has 2 heterocycles. The number of likely N-dealkylation sites (tertiary alicyclic amines) is 1. The molecule has 5 rings (SSSR count). The summed E-state index contributed by atoms with van der Waals surface area (Å²) in [5.74, 6) is -0.939. The number of hydrogen-bond donors (Lipinski definition) is 1. The van der Waals surface area contributed by atoms with Crippen molar-refractivity contribution in [1.29, 1.82) is 0 Å². The van der Waals surface area contributed by atoms with Crippen LogP contribution in [-0.4, -0.2) is 34.7 Å². The molecule has 1 saturated heterocycles. The van der Waals surface area contributed by atoms with Gasteiger partial charge in [0.2, 0.25) is 0 Å². The Morgan fingerprint density at radius 1 is 1.19 bits per heavy atom. The van der Waals surface area contributed by atoms with Crippen molar-refractivity contribution in [3.8, 4) is 5.75 Å². The maximum atomic E-state index is 14.5. The molecule has 1 N–H and O–H groups in total. The monoisotopic (exact) mass is 539 g/mol. The van der Waals surface area contributed by atoms with Gasteiger partial charge in [-0.05, 0) is 79.7 Å². The largest absolute Gasteiger partial charge is 0.487 e. The zero-order valence-electron chi connectivity index (χ0n) is 20.6. The second-order valence-electron chi connectivity index (χ2n) is 10.8. The minimum atomic E-state index is -4.60. The van der Waals surface area contributed by atoms with E-state index in [1.807, 2.05) is 17.0 Å². The number of rotatable bonds is 6. The number of carbonyl (C=O) groups is 1. The quantitative estimate of drug-likeness (QED) is 0.399. The SMILES string of the molecule is CC(C(=O)O)C(c1ccc2c(c1)OC1(CC2)CCN(Cc2cc(C(F)(F)F)cc(Cl)c2F)CC1)C1CC1. The molecule has 200 valence electrons. The number of fused-ring (bicyclic) bond motifs is 1. The van der Waals surface area contributed by atoms with Gasteiger partial charge in [-0.3, -0.25) is 9.69 Å².